The molecule has 0 atom stereocenters. The van der Waals surface area contributed by atoms with Crippen molar-refractivity contribution in [2.75, 3.05) is 0 Å². The van der Waals surface area contributed by atoms with Gasteiger partial charge in [0.05, 0.1) is 10.8 Å². The summed E-state index contributed by atoms with van der Waals surface area (Å²) in [5, 5.41) is 54.8. The lowest BCUT2D eigenvalue weighted by atomic mass is 10.1. The van der Waals surface area contributed by atoms with Gasteiger partial charge in [-0.3, -0.25) is 19.6 Å². The van der Waals surface area contributed by atoms with E-state index in [-0.39, 0.29) is 28.4 Å². The van der Waals surface area contributed by atoms with Gasteiger partial charge in [0, 0.05) is 85.5 Å². The lowest BCUT2D eigenvalue weighted by Crippen LogP contribution is -2.03. The number of nitrogens with one attached hydrogen (secondary N) is 2. The quantitative estimate of drug-likeness (QED) is 0.0719. The number of phenolic OH excluding ortho intramolecular Hbond substituents is 5. The predicted molar refractivity (Wildman–Crippen MR) is 240 cm³/mol. The van der Waals surface area contributed by atoms with E-state index in [2.05, 4.69) is 40.8 Å². The van der Waals surface area contributed by atoms with Gasteiger partial charge in [-0.25, -0.2) is 4.98 Å². The van der Waals surface area contributed by atoms with E-state index in [1.54, 1.807) is 97.5 Å². The van der Waals surface area contributed by atoms with Crippen LogP contribution >= 0.6 is 15.9 Å². The van der Waals surface area contributed by atoms with Crippen molar-refractivity contribution in [3.8, 4) is 28.7 Å². The number of phenols is 5. The summed E-state index contributed by atoms with van der Waals surface area (Å²) in [6.45, 7) is 3.86. The molecule has 0 spiro atoms. The number of H-pyrrole nitrogens is 2. The first-order valence-electron chi connectivity index (χ1n) is 18.3. The van der Waals surface area contributed by atoms with E-state index in [4.69, 9.17) is 0 Å². The molecule has 0 bridgehead atoms. The van der Waals surface area contributed by atoms with Crippen LogP contribution in [0.5, 0.6) is 28.7 Å². The van der Waals surface area contributed by atoms with Crippen molar-refractivity contribution in [3.05, 3.63) is 189 Å². The molecule has 5 heterocycles. The van der Waals surface area contributed by atoms with Crippen molar-refractivity contribution in [1.82, 2.24) is 24.9 Å². The average molecular weight is 865 g/mol. The third kappa shape index (κ3) is 9.67. The molecule has 10 aromatic rings. The fourth-order valence-electron chi connectivity index (χ4n) is 6.24. The normalized spacial score (nSPS) is 10.4. The van der Waals surface area contributed by atoms with Gasteiger partial charge >= 0.3 is 0 Å². The molecule has 0 saturated heterocycles. The fourth-order valence-corrected chi connectivity index (χ4v) is 6.70. The second-order valence-corrected chi connectivity index (χ2v) is 13.9. The van der Waals surface area contributed by atoms with Gasteiger partial charge in [-0.05, 0) is 103 Å². The van der Waals surface area contributed by atoms with E-state index < -0.39 is 0 Å². The van der Waals surface area contributed by atoms with Gasteiger partial charge in [0.25, 0.3) is 11.1 Å². The number of hydrogen-bond acceptors (Lipinski definition) is 10. The molecule has 0 amide bonds. The number of aromatic hydroxyl groups is 5. The van der Waals surface area contributed by atoms with Crippen molar-refractivity contribution >= 4 is 69.8 Å². The minimum Gasteiger partial charge on any atom is -0.507 e. The molecule has 60 heavy (non-hydrogen) atoms. The summed E-state index contributed by atoms with van der Waals surface area (Å²) in [7, 11) is 0. The zero-order valence-electron chi connectivity index (χ0n) is 32.2. The summed E-state index contributed by atoms with van der Waals surface area (Å²) in [6, 6.07) is 34.8. The summed E-state index contributed by atoms with van der Waals surface area (Å²) in [4.78, 5) is 39.7. The Morgan fingerprint density at radius 3 is 1.02 bits per heavy atom. The predicted octanol–water partition coefficient (Wildman–Crippen LogP) is 9.67. The lowest BCUT2D eigenvalue weighted by molar-refractivity contribution is 0.481. The number of rotatable bonds is 0. The molecule has 300 valence electrons. The number of hydrogen-bond donors (Lipinski definition) is 7. The Balaban J connectivity index is 0.000000126. The van der Waals surface area contributed by atoms with E-state index in [1.165, 1.54) is 12.4 Å². The summed E-state index contributed by atoms with van der Waals surface area (Å²) in [5.74, 6) is 1.20. The van der Waals surface area contributed by atoms with E-state index in [1.807, 2.05) is 56.3 Å². The maximum Gasteiger partial charge on any atom is 0.255 e. The van der Waals surface area contributed by atoms with Crippen LogP contribution in [0.3, 0.4) is 0 Å². The van der Waals surface area contributed by atoms with Crippen molar-refractivity contribution in [1.29, 1.82) is 0 Å². The van der Waals surface area contributed by atoms with Crippen LogP contribution in [0.4, 0.5) is 0 Å². The Bertz CT molecular complexity index is 2810. The molecule has 0 radical (unpaired) electrons. The summed E-state index contributed by atoms with van der Waals surface area (Å²) < 4.78 is 0.760. The third-order valence-corrected chi connectivity index (χ3v) is 9.92. The van der Waals surface area contributed by atoms with E-state index >= 15 is 0 Å². The van der Waals surface area contributed by atoms with Crippen LogP contribution in [0.25, 0.3) is 53.9 Å². The van der Waals surface area contributed by atoms with Gasteiger partial charge in [-0.15, -0.1) is 0 Å². The highest BCUT2D eigenvalue weighted by Crippen LogP contribution is 2.29. The fraction of sp³-hybridized carbons (Fsp3) is 0.0426. The number of aromatic nitrogens is 5. The van der Waals surface area contributed by atoms with Gasteiger partial charge in [0.1, 0.15) is 33.4 Å². The molecule has 0 aliphatic heterocycles. The van der Waals surface area contributed by atoms with Crippen LogP contribution < -0.4 is 11.1 Å². The molecule has 5 aromatic carbocycles. The van der Waals surface area contributed by atoms with Crippen molar-refractivity contribution in [3.63, 3.8) is 0 Å². The highest BCUT2D eigenvalue weighted by Gasteiger charge is 2.04. The highest BCUT2D eigenvalue weighted by atomic mass is 79.9. The van der Waals surface area contributed by atoms with Crippen LogP contribution in [0.2, 0.25) is 0 Å². The number of nitrogens with zero attached hydrogens (tertiary/aromatic N) is 3. The number of fused-ring (bicyclic) bond motifs is 5. The number of pyridine rings is 5. The molecule has 0 saturated carbocycles. The number of halogens is 1. The first-order valence-corrected chi connectivity index (χ1v) is 19.1. The second kappa shape index (κ2) is 19.1. The molecule has 12 nitrogen and oxygen atoms in total. The van der Waals surface area contributed by atoms with E-state index in [0.29, 0.717) is 33.0 Å². The number of aromatic amines is 2. The highest BCUT2D eigenvalue weighted by molar-refractivity contribution is 9.10. The molecule has 0 fully saturated rings. The Kier molecular flexibility index (Phi) is 13.3. The first kappa shape index (κ1) is 41.9. The summed E-state index contributed by atoms with van der Waals surface area (Å²) >= 11 is 3.31. The number of benzene rings is 5. The Morgan fingerprint density at radius 2 is 0.683 bits per heavy atom. The zero-order chi connectivity index (χ0) is 42.8. The van der Waals surface area contributed by atoms with E-state index in [9.17, 15) is 35.1 Å². The van der Waals surface area contributed by atoms with Crippen LogP contribution in [0.1, 0.15) is 11.4 Å². The second-order valence-electron chi connectivity index (χ2n) is 13.1. The van der Waals surface area contributed by atoms with Crippen LogP contribution in [-0.4, -0.2) is 50.5 Å². The maximum atomic E-state index is 11.2. The molecular weight excluding hydrogens is 826 g/mol. The molecule has 10 rings (SSSR count). The van der Waals surface area contributed by atoms with E-state index in [0.717, 1.165) is 48.3 Å². The molecule has 7 N–H and O–H groups in total. The Labute approximate surface area is 350 Å². The van der Waals surface area contributed by atoms with Crippen LogP contribution in [0.15, 0.2) is 167 Å². The maximum absolute atomic E-state index is 11.2. The minimum atomic E-state index is -0.177. The van der Waals surface area contributed by atoms with Crippen molar-refractivity contribution in [2.24, 2.45) is 0 Å². The molecule has 0 unspecified atom stereocenters. The van der Waals surface area contributed by atoms with Crippen LogP contribution in [-0.2, 0) is 0 Å². The Morgan fingerprint density at radius 1 is 0.383 bits per heavy atom. The molecule has 0 aliphatic rings. The molecular formula is C47H38BrN5O7. The smallest absolute Gasteiger partial charge is 0.255 e. The van der Waals surface area contributed by atoms with Crippen molar-refractivity contribution < 1.29 is 25.5 Å². The van der Waals surface area contributed by atoms with Gasteiger partial charge in [-0.2, -0.15) is 0 Å². The lowest BCUT2D eigenvalue weighted by Gasteiger charge is -2.01. The van der Waals surface area contributed by atoms with Crippen molar-refractivity contribution in [2.45, 2.75) is 13.8 Å². The third-order valence-electron chi connectivity index (χ3n) is 9.28. The number of aryl methyl sites for hydroxylation is 2. The average Bonchev–Trinajstić information content (AvgIpc) is 3.24. The van der Waals surface area contributed by atoms with Gasteiger partial charge < -0.3 is 35.5 Å². The molecule has 0 aliphatic carbocycles. The Hall–Kier alpha value is -7.77. The van der Waals surface area contributed by atoms with Crippen LogP contribution in [0, 0.1) is 13.8 Å². The first-order chi connectivity index (χ1) is 28.9. The summed E-state index contributed by atoms with van der Waals surface area (Å²) in [5.41, 5.74) is 1.54. The minimum absolute atomic E-state index is 0.138. The van der Waals surface area contributed by atoms with Gasteiger partial charge in [0.2, 0.25) is 0 Å². The topological polar surface area (TPSA) is 206 Å². The van der Waals surface area contributed by atoms with Gasteiger partial charge in [0.15, 0.2) is 0 Å². The largest absolute Gasteiger partial charge is 0.507 e. The molecule has 5 aromatic heterocycles. The van der Waals surface area contributed by atoms with Gasteiger partial charge in [-0.1, -0.05) is 48.5 Å². The molecule has 13 heteroatoms. The summed E-state index contributed by atoms with van der Waals surface area (Å²) in [6.07, 6.45) is 8.11. The SMILES string of the molecule is Cc1nccc2c(O)cccc12.Cc1nccc2c(O)cccc12.O=c1[nH]ccc2c(O)cccc12.O=c1[nH]ccc2c(O)cccc12.Oc1cccc2c(Br)nccc12. The zero-order valence-corrected chi connectivity index (χ0v) is 33.8. The standard InChI is InChI=1S/2C10H9NO.C9H6BrNO.2C9H7NO2/c2*1-7-8-3-2-4-10(12)9(8)5-6-11-7;10-9-7-2-1-3-8(12)6(7)4-5-11-9;2*11-8-3-1-2-7-6(8)4-5-10-9(7)12/h2*2-6,12H,1H3;1-5,12H;2*1-5,11H,(H,10,12). The monoisotopic (exact) mass is 863 g/mol.